The molecule has 1 aliphatic rings. The van der Waals surface area contributed by atoms with Gasteiger partial charge in [0.05, 0.1) is 4.92 Å². The number of nitro benzene ring substituents is 1. The molecule has 6 nitrogen and oxygen atoms in total. The number of non-ortho nitro benzene ring substituents is 1. The second kappa shape index (κ2) is 3.65. The van der Waals surface area contributed by atoms with Gasteiger partial charge in [-0.3, -0.25) is 14.9 Å². The third-order valence-electron chi connectivity index (χ3n) is 2.26. The van der Waals surface area contributed by atoms with Crippen LogP contribution in [-0.4, -0.2) is 17.4 Å². The number of hydrogen-bond donors (Lipinski definition) is 1. The maximum Gasteiger partial charge on any atom is 0.270 e. The average molecular weight is 220 g/mol. The Kier molecular flexibility index (Phi) is 2.32. The molecule has 82 valence electrons. The summed E-state index contributed by atoms with van der Waals surface area (Å²) in [7, 11) is 0. The van der Waals surface area contributed by atoms with E-state index < -0.39 is 10.8 Å². The minimum atomic E-state index is -0.620. The lowest BCUT2D eigenvalue weighted by Crippen LogP contribution is -2.17. The van der Waals surface area contributed by atoms with Gasteiger partial charge in [-0.25, -0.2) is 0 Å². The number of fused-ring (bicyclic) bond motifs is 1. The van der Waals surface area contributed by atoms with Crippen molar-refractivity contribution in [2.45, 2.75) is 0 Å². The molecule has 0 unspecified atom stereocenters. The highest BCUT2D eigenvalue weighted by molar-refractivity contribution is 6.19. The summed E-state index contributed by atoms with van der Waals surface area (Å²) in [6.45, 7) is 0.239. The predicted molar refractivity (Wildman–Crippen MR) is 55.8 cm³/mol. The van der Waals surface area contributed by atoms with Gasteiger partial charge in [-0.2, -0.15) is 0 Å². The lowest BCUT2D eigenvalue weighted by molar-refractivity contribution is -0.384. The van der Waals surface area contributed by atoms with Crippen LogP contribution in [0, 0.1) is 10.1 Å². The van der Waals surface area contributed by atoms with E-state index in [0.717, 1.165) is 0 Å². The summed E-state index contributed by atoms with van der Waals surface area (Å²) in [5.74, 6) is -0.188. The highest BCUT2D eigenvalue weighted by Crippen LogP contribution is 2.32. The number of benzene rings is 1. The van der Waals surface area contributed by atoms with E-state index in [2.05, 4.69) is 0 Å². The van der Waals surface area contributed by atoms with Gasteiger partial charge in [0, 0.05) is 23.3 Å². The van der Waals surface area contributed by atoms with Gasteiger partial charge in [-0.1, -0.05) is 0 Å². The number of carbonyl (C=O) groups is 1. The third kappa shape index (κ3) is 1.60. The van der Waals surface area contributed by atoms with Crippen molar-refractivity contribution >= 4 is 17.2 Å². The Morgan fingerprint density at radius 3 is 2.88 bits per heavy atom. The summed E-state index contributed by atoms with van der Waals surface area (Å²) >= 11 is 0. The van der Waals surface area contributed by atoms with E-state index in [1.807, 2.05) is 0 Å². The normalized spacial score (nSPS) is 13.4. The van der Waals surface area contributed by atoms with Crippen LogP contribution in [0.25, 0.3) is 5.57 Å². The van der Waals surface area contributed by atoms with Crippen LogP contribution in [0.2, 0.25) is 0 Å². The van der Waals surface area contributed by atoms with Gasteiger partial charge < -0.3 is 10.5 Å². The molecule has 0 atom stereocenters. The van der Waals surface area contributed by atoms with Crippen molar-refractivity contribution in [2.75, 3.05) is 6.61 Å². The molecule has 0 aromatic heterocycles. The third-order valence-corrected chi connectivity index (χ3v) is 2.26. The molecule has 0 spiro atoms. The van der Waals surface area contributed by atoms with Crippen LogP contribution in [0.3, 0.4) is 0 Å². The van der Waals surface area contributed by atoms with E-state index in [1.165, 1.54) is 24.3 Å². The van der Waals surface area contributed by atoms with E-state index in [9.17, 15) is 14.9 Å². The van der Waals surface area contributed by atoms with Crippen molar-refractivity contribution in [3.63, 3.8) is 0 Å². The van der Waals surface area contributed by atoms with Gasteiger partial charge in [-0.05, 0) is 12.1 Å². The Balaban J connectivity index is 2.56. The first-order valence-electron chi connectivity index (χ1n) is 4.51. The molecular formula is C10H8N2O4. The summed E-state index contributed by atoms with van der Waals surface area (Å²) in [5, 5.41) is 10.6. The smallest absolute Gasteiger partial charge is 0.270 e. The minimum absolute atomic E-state index is 0.101. The molecule has 2 N–H and O–H groups in total. The summed E-state index contributed by atoms with van der Waals surface area (Å²) in [6.07, 6.45) is 1.51. The first kappa shape index (κ1) is 10.2. The summed E-state index contributed by atoms with van der Waals surface area (Å²) < 4.78 is 5.23. The Morgan fingerprint density at radius 2 is 2.25 bits per heavy atom. The van der Waals surface area contributed by atoms with Crippen LogP contribution in [0.15, 0.2) is 24.3 Å². The van der Waals surface area contributed by atoms with Crippen molar-refractivity contribution in [2.24, 2.45) is 5.73 Å². The standard InChI is InChI=1S/C10H8N2O4/c11-10(13)7-3-4-16-9-2-1-6(12(14)15)5-8(7)9/h1-3,5H,4H2,(H2,11,13). The molecule has 1 heterocycles. The topological polar surface area (TPSA) is 95.5 Å². The van der Waals surface area contributed by atoms with Crippen LogP contribution in [-0.2, 0) is 4.79 Å². The predicted octanol–water partition coefficient (Wildman–Crippen LogP) is 0.856. The van der Waals surface area contributed by atoms with Gasteiger partial charge >= 0.3 is 0 Å². The van der Waals surface area contributed by atoms with Gasteiger partial charge in [-0.15, -0.1) is 0 Å². The fourth-order valence-electron chi connectivity index (χ4n) is 1.53. The Bertz CT molecular complexity index is 508. The monoisotopic (exact) mass is 220 g/mol. The molecule has 0 radical (unpaired) electrons. The molecule has 2 rings (SSSR count). The quantitative estimate of drug-likeness (QED) is 0.590. The van der Waals surface area contributed by atoms with Crippen LogP contribution in [0.4, 0.5) is 5.69 Å². The number of nitrogens with two attached hydrogens (primary N) is 1. The summed E-state index contributed by atoms with van der Waals surface area (Å²) in [5.41, 5.74) is 5.70. The number of carbonyl (C=O) groups excluding carboxylic acids is 1. The number of amides is 1. The van der Waals surface area contributed by atoms with Crippen molar-refractivity contribution in [3.05, 3.63) is 40.0 Å². The average Bonchev–Trinajstić information content (AvgIpc) is 2.27. The zero-order chi connectivity index (χ0) is 11.7. The molecule has 0 saturated heterocycles. The lowest BCUT2D eigenvalue weighted by Gasteiger charge is -2.16. The van der Waals surface area contributed by atoms with Crippen molar-refractivity contribution in [1.29, 1.82) is 0 Å². The van der Waals surface area contributed by atoms with Crippen LogP contribution in [0.5, 0.6) is 5.75 Å². The number of rotatable bonds is 2. The fraction of sp³-hybridized carbons (Fsp3) is 0.100. The number of primary amides is 1. The summed E-state index contributed by atoms with van der Waals surface area (Å²) in [6, 6.07) is 4.07. The molecule has 0 saturated carbocycles. The fourth-order valence-corrected chi connectivity index (χ4v) is 1.53. The number of ether oxygens (including phenoxy) is 1. The molecule has 16 heavy (non-hydrogen) atoms. The SMILES string of the molecule is NC(=O)C1=CCOc2ccc([N+](=O)[O-])cc21. The van der Waals surface area contributed by atoms with Gasteiger partial charge in [0.2, 0.25) is 5.91 Å². The van der Waals surface area contributed by atoms with Gasteiger partial charge in [0.25, 0.3) is 5.69 Å². The Morgan fingerprint density at radius 1 is 1.50 bits per heavy atom. The van der Waals surface area contributed by atoms with E-state index in [-0.39, 0.29) is 17.9 Å². The molecule has 0 bridgehead atoms. The second-order valence-corrected chi connectivity index (χ2v) is 3.23. The van der Waals surface area contributed by atoms with Crippen molar-refractivity contribution in [1.82, 2.24) is 0 Å². The molecule has 1 aromatic carbocycles. The highest BCUT2D eigenvalue weighted by atomic mass is 16.6. The van der Waals surface area contributed by atoms with E-state index in [4.69, 9.17) is 10.5 Å². The zero-order valence-electron chi connectivity index (χ0n) is 8.17. The Labute approximate surface area is 90.5 Å². The van der Waals surface area contributed by atoms with Crippen LogP contribution < -0.4 is 10.5 Å². The molecule has 0 aliphatic carbocycles. The molecule has 1 aliphatic heterocycles. The van der Waals surface area contributed by atoms with Crippen molar-refractivity contribution in [3.8, 4) is 5.75 Å². The van der Waals surface area contributed by atoms with Crippen molar-refractivity contribution < 1.29 is 14.5 Å². The molecule has 1 aromatic rings. The zero-order valence-corrected chi connectivity index (χ0v) is 8.17. The number of nitro groups is 1. The minimum Gasteiger partial charge on any atom is -0.489 e. The van der Waals surface area contributed by atoms with E-state index in [0.29, 0.717) is 11.3 Å². The largest absolute Gasteiger partial charge is 0.489 e. The number of hydrogen-bond acceptors (Lipinski definition) is 4. The van der Waals surface area contributed by atoms with E-state index in [1.54, 1.807) is 0 Å². The lowest BCUT2D eigenvalue weighted by atomic mass is 10.0. The number of nitrogens with zero attached hydrogens (tertiary/aromatic N) is 1. The maximum atomic E-state index is 11.1. The second-order valence-electron chi connectivity index (χ2n) is 3.23. The summed E-state index contributed by atoms with van der Waals surface area (Å²) in [4.78, 5) is 21.2. The van der Waals surface area contributed by atoms with Gasteiger partial charge in [0.15, 0.2) is 0 Å². The van der Waals surface area contributed by atoms with Gasteiger partial charge in [0.1, 0.15) is 12.4 Å². The van der Waals surface area contributed by atoms with E-state index >= 15 is 0 Å². The molecule has 0 fully saturated rings. The first-order chi connectivity index (χ1) is 7.59. The molecular weight excluding hydrogens is 212 g/mol. The van der Waals surface area contributed by atoms with Crippen LogP contribution in [0.1, 0.15) is 5.56 Å². The molecule has 1 amide bonds. The Hall–Kier alpha value is -2.37. The molecule has 6 heteroatoms. The highest BCUT2D eigenvalue weighted by Gasteiger charge is 2.20. The first-order valence-corrected chi connectivity index (χ1v) is 4.51. The maximum absolute atomic E-state index is 11.1. The van der Waals surface area contributed by atoms with Crippen LogP contribution >= 0.6 is 0 Å².